The van der Waals surface area contributed by atoms with Gasteiger partial charge < -0.3 is 14.4 Å². The molecule has 146 valence electrons. The lowest BCUT2D eigenvalue weighted by Crippen LogP contribution is -2.46. The SMILES string of the molecule is O=C(c1ccc2c(c1)OCCO2)N1C2CCC1CC(c1ccc(Cl)cc1F)C2. The molecule has 3 aliphatic rings. The van der Waals surface area contributed by atoms with Gasteiger partial charge in [-0.1, -0.05) is 17.7 Å². The van der Waals surface area contributed by atoms with E-state index in [4.69, 9.17) is 21.1 Å². The summed E-state index contributed by atoms with van der Waals surface area (Å²) in [6, 6.07) is 10.6. The first-order valence-corrected chi connectivity index (χ1v) is 10.1. The van der Waals surface area contributed by atoms with Crippen molar-refractivity contribution in [2.75, 3.05) is 13.2 Å². The van der Waals surface area contributed by atoms with Gasteiger partial charge in [0.15, 0.2) is 11.5 Å². The van der Waals surface area contributed by atoms with Crippen LogP contribution in [-0.4, -0.2) is 36.1 Å². The lowest BCUT2D eigenvalue weighted by Gasteiger charge is -2.39. The van der Waals surface area contributed by atoms with Crippen LogP contribution in [0.5, 0.6) is 11.5 Å². The Morgan fingerprint density at radius 3 is 2.43 bits per heavy atom. The van der Waals surface area contributed by atoms with Crippen LogP contribution in [0.15, 0.2) is 36.4 Å². The van der Waals surface area contributed by atoms with E-state index < -0.39 is 0 Å². The fraction of sp³-hybridized carbons (Fsp3) is 0.409. The molecule has 2 fully saturated rings. The minimum atomic E-state index is -0.247. The van der Waals surface area contributed by atoms with E-state index in [9.17, 15) is 9.18 Å². The number of ether oxygens (including phenoxy) is 2. The van der Waals surface area contributed by atoms with E-state index in [0.717, 1.165) is 25.7 Å². The Labute approximate surface area is 168 Å². The number of rotatable bonds is 2. The number of hydrogen-bond donors (Lipinski definition) is 0. The van der Waals surface area contributed by atoms with Gasteiger partial charge in [0.25, 0.3) is 5.91 Å². The summed E-state index contributed by atoms with van der Waals surface area (Å²) in [7, 11) is 0. The van der Waals surface area contributed by atoms with E-state index in [-0.39, 0.29) is 29.7 Å². The lowest BCUT2D eigenvalue weighted by molar-refractivity contribution is 0.0569. The number of nitrogens with zero attached hydrogens (tertiary/aromatic N) is 1. The summed E-state index contributed by atoms with van der Waals surface area (Å²) >= 11 is 5.90. The van der Waals surface area contributed by atoms with Gasteiger partial charge in [0.1, 0.15) is 19.0 Å². The second-order valence-electron chi connectivity index (χ2n) is 7.79. The zero-order valence-electron chi connectivity index (χ0n) is 15.4. The Morgan fingerprint density at radius 1 is 1.00 bits per heavy atom. The summed E-state index contributed by atoms with van der Waals surface area (Å²) < 4.78 is 25.6. The van der Waals surface area contributed by atoms with Crippen molar-refractivity contribution in [1.29, 1.82) is 0 Å². The van der Waals surface area contributed by atoms with Crippen molar-refractivity contribution < 1.29 is 18.7 Å². The fourth-order valence-electron chi connectivity index (χ4n) is 4.92. The minimum Gasteiger partial charge on any atom is -0.486 e. The molecular weight excluding hydrogens is 381 g/mol. The molecule has 2 bridgehead atoms. The molecule has 0 aromatic heterocycles. The van der Waals surface area contributed by atoms with Crippen LogP contribution in [0.25, 0.3) is 0 Å². The predicted molar refractivity (Wildman–Crippen MR) is 104 cm³/mol. The maximum Gasteiger partial charge on any atom is 0.254 e. The van der Waals surface area contributed by atoms with Gasteiger partial charge >= 0.3 is 0 Å². The van der Waals surface area contributed by atoms with E-state index in [1.165, 1.54) is 6.07 Å². The number of fused-ring (bicyclic) bond motifs is 3. The molecule has 4 nitrogen and oxygen atoms in total. The van der Waals surface area contributed by atoms with Crippen LogP contribution in [0.1, 0.15) is 47.5 Å². The third kappa shape index (κ3) is 3.02. The highest BCUT2D eigenvalue weighted by Crippen LogP contribution is 2.45. The molecule has 2 aromatic carbocycles. The van der Waals surface area contributed by atoms with Crippen molar-refractivity contribution in [3.05, 3.63) is 58.4 Å². The maximum absolute atomic E-state index is 14.4. The largest absolute Gasteiger partial charge is 0.486 e. The first-order chi connectivity index (χ1) is 13.6. The molecule has 0 saturated carbocycles. The summed E-state index contributed by atoms with van der Waals surface area (Å²) in [6.45, 7) is 1.02. The van der Waals surface area contributed by atoms with Crippen molar-refractivity contribution in [3.8, 4) is 11.5 Å². The summed E-state index contributed by atoms with van der Waals surface area (Å²) in [6.07, 6.45) is 3.50. The standard InChI is InChI=1S/C22H21ClFNO3/c23-15-2-5-18(19(24)12-15)14-9-16-3-4-17(10-14)25(16)22(26)13-1-6-20-21(11-13)28-8-7-27-20/h1-2,5-6,11-12,14,16-17H,3-4,7-10H2. The number of carbonyl (C=O) groups is 1. The van der Waals surface area contributed by atoms with Gasteiger partial charge in [0, 0.05) is 22.7 Å². The molecule has 5 rings (SSSR count). The monoisotopic (exact) mass is 401 g/mol. The summed E-state index contributed by atoms with van der Waals surface area (Å²) in [4.78, 5) is 15.2. The lowest BCUT2D eigenvalue weighted by atomic mass is 9.84. The van der Waals surface area contributed by atoms with E-state index in [2.05, 4.69) is 0 Å². The molecule has 3 aliphatic heterocycles. The van der Waals surface area contributed by atoms with Crippen LogP contribution >= 0.6 is 11.6 Å². The Kier molecular flexibility index (Phi) is 4.43. The summed E-state index contributed by atoms with van der Waals surface area (Å²) in [5, 5.41) is 0.412. The van der Waals surface area contributed by atoms with E-state index in [1.807, 2.05) is 4.90 Å². The van der Waals surface area contributed by atoms with Crippen molar-refractivity contribution in [1.82, 2.24) is 4.90 Å². The highest BCUT2D eigenvalue weighted by atomic mass is 35.5. The number of piperidine rings is 1. The molecule has 0 N–H and O–H groups in total. The number of carbonyl (C=O) groups excluding carboxylic acids is 1. The Hall–Kier alpha value is -2.27. The molecule has 2 saturated heterocycles. The third-order valence-corrected chi connectivity index (χ3v) is 6.39. The summed E-state index contributed by atoms with van der Waals surface area (Å²) in [5.41, 5.74) is 1.34. The number of halogens is 2. The second kappa shape index (κ2) is 6.96. The van der Waals surface area contributed by atoms with Crippen LogP contribution < -0.4 is 9.47 Å². The first kappa shape index (κ1) is 17.8. The summed E-state index contributed by atoms with van der Waals surface area (Å²) in [5.74, 6) is 1.22. The highest BCUT2D eigenvalue weighted by Gasteiger charge is 2.44. The van der Waals surface area contributed by atoms with Crippen molar-refractivity contribution >= 4 is 17.5 Å². The number of benzene rings is 2. The number of hydrogen-bond acceptors (Lipinski definition) is 3. The van der Waals surface area contributed by atoms with Crippen molar-refractivity contribution in [2.24, 2.45) is 0 Å². The third-order valence-electron chi connectivity index (χ3n) is 6.16. The molecule has 0 spiro atoms. The molecule has 6 heteroatoms. The molecule has 3 heterocycles. The van der Waals surface area contributed by atoms with Crippen LogP contribution in [0.2, 0.25) is 5.02 Å². The zero-order chi connectivity index (χ0) is 19.3. The van der Waals surface area contributed by atoms with Gasteiger partial charge in [-0.15, -0.1) is 0 Å². The normalized spacial score (nSPS) is 25.6. The van der Waals surface area contributed by atoms with Crippen molar-refractivity contribution in [2.45, 2.75) is 43.7 Å². The maximum atomic E-state index is 14.4. The van der Waals surface area contributed by atoms with E-state index in [1.54, 1.807) is 30.3 Å². The fourth-order valence-corrected chi connectivity index (χ4v) is 5.08. The van der Waals surface area contributed by atoms with Crippen LogP contribution in [0.3, 0.4) is 0 Å². The average molecular weight is 402 g/mol. The molecule has 1 amide bonds. The van der Waals surface area contributed by atoms with Gasteiger partial charge in [0.05, 0.1) is 0 Å². The Balaban J connectivity index is 1.37. The second-order valence-corrected chi connectivity index (χ2v) is 8.23. The minimum absolute atomic E-state index is 0.0273. The Bertz CT molecular complexity index is 920. The van der Waals surface area contributed by atoms with Gasteiger partial charge in [-0.05, 0) is 67.5 Å². The van der Waals surface area contributed by atoms with Gasteiger partial charge in [-0.2, -0.15) is 0 Å². The van der Waals surface area contributed by atoms with Crippen LogP contribution in [0, 0.1) is 5.82 Å². The smallest absolute Gasteiger partial charge is 0.254 e. The average Bonchev–Trinajstić information content (AvgIpc) is 2.96. The molecule has 2 unspecified atom stereocenters. The zero-order valence-corrected chi connectivity index (χ0v) is 16.1. The Morgan fingerprint density at radius 2 is 1.71 bits per heavy atom. The van der Waals surface area contributed by atoms with Gasteiger partial charge in [0.2, 0.25) is 0 Å². The van der Waals surface area contributed by atoms with E-state index in [0.29, 0.717) is 40.9 Å². The molecular formula is C22H21ClFNO3. The highest BCUT2D eigenvalue weighted by molar-refractivity contribution is 6.30. The van der Waals surface area contributed by atoms with Gasteiger partial charge in [-0.3, -0.25) is 4.79 Å². The molecule has 2 aromatic rings. The van der Waals surface area contributed by atoms with Crippen LogP contribution in [-0.2, 0) is 0 Å². The van der Waals surface area contributed by atoms with Crippen LogP contribution in [0.4, 0.5) is 4.39 Å². The van der Waals surface area contributed by atoms with Gasteiger partial charge in [-0.25, -0.2) is 4.39 Å². The molecule has 2 atom stereocenters. The van der Waals surface area contributed by atoms with Crippen molar-refractivity contribution in [3.63, 3.8) is 0 Å². The topological polar surface area (TPSA) is 38.8 Å². The first-order valence-electron chi connectivity index (χ1n) is 9.77. The van der Waals surface area contributed by atoms with E-state index >= 15 is 0 Å². The molecule has 0 radical (unpaired) electrons. The predicted octanol–water partition coefficient (Wildman–Crippen LogP) is 4.80. The molecule has 0 aliphatic carbocycles. The molecule has 28 heavy (non-hydrogen) atoms. The quantitative estimate of drug-likeness (QED) is 0.725. The number of amides is 1.